The SMILES string of the molecule is CCc1nc2cc(N3CCC(C(=O)N[C@@H](C)c4ccccc4)CC3)cnc2nc1CC. The fraction of sp³-hybridized carbons (Fsp3) is 0.440. The first kappa shape index (κ1) is 21.2. The van der Waals surface area contributed by atoms with Gasteiger partial charge in [-0.15, -0.1) is 0 Å². The molecule has 1 aromatic carbocycles. The number of benzene rings is 1. The standard InChI is InChI=1S/C25H31N5O/c1-4-21-22(5-2)29-24-23(28-21)15-20(16-26-24)30-13-11-19(12-14-30)25(31)27-17(3)18-9-7-6-8-10-18/h6-10,15-17,19H,4-5,11-14H2,1-3H3,(H,27,31)/t17-/m0/s1. The summed E-state index contributed by atoms with van der Waals surface area (Å²) in [7, 11) is 0. The number of hydrogen-bond acceptors (Lipinski definition) is 5. The molecule has 6 heteroatoms. The van der Waals surface area contributed by atoms with Crippen molar-refractivity contribution in [3.05, 3.63) is 59.5 Å². The number of amides is 1. The van der Waals surface area contributed by atoms with E-state index < -0.39 is 0 Å². The molecule has 1 N–H and O–H groups in total. The van der Waals surface area contributed by atoms with Gasteiger partial charge in [0.25, 0.3) is 0 Å². The van der Waals surface area contributed by atoms with Crippen LogP contribution in [0.4, 0.5) is 5.69 Å². The number of aromatic nitrogens is 3. The molecule has 1 fully saturated rings. The van der Waals surface area contributed by atoms with E-state index in [-0.39, 0.29) is 17.9 Å². The number of aryl methyl sites for hydroxylation is 2. The molecule has 0 bridgehead atoms. The maximum absolute atomic E-state index is 12.8. The van der Waals surface area contributed by atoms with Crippen LogP contribution in [0.25, 0.3) is 11.2 Å². The second-order valence-corrected chi connectivity index (χ2v) is 8.26. The predicted octanol–water partition coefficient (Wildman–Crippen LogP) is 4.24. The van der Waals surface area contributed by atoms with Gasteiger partial charge in [0.2, 0.25) is 5.91 Å². The van der Waals surface area contributed by atoms with Gasteiger partial charge >= 0.3 is 0 Å². The topological polar surface area (TPSA) is 71.0 Å². The predicted molar refractivity (Wildman–Crippen MR) is 124 cm³/mol. The molecule has 1 aliphatic rings. The van der Waals surface area contributed by atoms with Crippen LogP contribution in [0.2, 0.25) is 0 Å². The van der Waals surface area contributed by atoms with Crippen LogP contribution in [0.3, 0.4) is 0 Å². The highest BCUT2D eigenvalue weighted by atomic mass is 16.1. The van der Waals surface area contributed by atoms with Crippen LogP contribution in [0.1, 0.15) is 56.6 Å². The highest BCUT2D eigenvalue weighted by molar-refractivity contribution is 5.79. The monoisotopic (exact) mass is 417 g/mol. The van der Waals surface area contributed by atoms with E-state index in [0.717, 1.165) is 66.9 Å². The summed E-state index contributed by atoms with van der Waals surface area (Å²) in [5.41, 5.74) is 5.84. The zero-order valence-corrected chi connectivity index (χ0v) is 18.6. The number of hydrogen-bond donors (Lipinski definition) is 1. The molecule has 4 rings (SSSR count). The van der Waals surface area contributed by atoms with Crippen molar-refractivity contribution in [2.75, 3.05) is 18.0 Å². The number of anilines is 1. The van der Waals surface area contributed by atoms with Crippen molar-refractivity contribution in [3.63, 3.8) is 0 Å². The molecule has 31 heavy (non-hydrogen) atoms. The van der Waals surface area contributed by atoms with E-state index in [1.807, 2.05) is 31.3 Å². The Bertz CT molecular complexity index is 1040. The van der Waals surface area contributed by atoms with Gasteiger partial charge in [0.05, 0.1) is 29.3 Å². The lowest BCUT2D eigenvalue weighted by Crippen LogP contribution is -2.41. The average molecular weight is 418 g/mol. The molecule has 0 radical (unpaired) electrons. The third kappa shape index (κ3) is 4.68. The lowest BCUT2D eigenvalue weighted by atomic mass is 9.95. The fourth-order valence-corrected chi connectivity index (χ4v) is 4.30. The van der Waals surface area contributed by atoms with Crippen molar-refractivity contribution in [2.45, 2.75) is 52.5 Å². The van der Waals surface area contributed by atoms with E-state index in [2.05, 4.69) is 47.2 Å². The zero-order valence-electron chi connectivity index (χ0n) is 18.6. The minimum absolute atomic E-state index is 0.0239. The average Bonchev–Trinajstić information content (AvgIpc) is 2.83. The van der Waals surface area contributed by atoms with E-state index in [1.54, 1.807) is 0 Å². The fourth-order valence-electron chi connectivity index (χ4n) is 4.30. The van der Waals surface area contributed by atoms with E-state index in [4.69, 9.17) is 9.97 Å². The molecule has 2 aromatic heterocycles. The summed E-state index contributed by atoms with van der Waals surface area (Å²) >= 11 is 0. The summed E-state index contributed by atoms with van der Waals surface area (Å²) in [6, 6.07) is 12.2. The second-order valence-electron chi connectivity index (χ2n) is 8.26. The van der Waals surface area contributed by atoms with Crippen LogP contribution in [-0.4, -0.2) is 33.9 Å². The number of fused-ring (bicyclic) bond motifs is 1. The smallest absolute Gasteiger partial charge is 0.223 e. The minimum atomic E-state index is 0.0239. The van der Waals surface area contributed by atoms with Gasteiger partial charge in [0.1, 0.15) is 5.52 Å². The molecular weight excluding hydrogens is 386 g/mol. The highest BCUT2D eigenvalue weighted by Gasteiger charge is 2.26. The minimum Gasteiger partial charge on any atom is -0.370 e. The summed E-state index contributed by atoms with van der Waals surface area (Å²) in [6.45, 7) is 7.93. The van der Waals surface area contributed by atoms with Crippen molar-refractivity contribution in [2.24, 2.45) is 5.92 Å². The summed E-state index contributed by atoms with van der Waals surface area (Å²) in [5, 5.41) is 3.18. The number of nitrogens with one attached hydrogen (secondary N) is 1. The number of carbonyl (C=O) groups excluding carboxylic acids is 1. The van der Waals surface area contributed by atoms with Gasteiger partial charge in [-0.05, 0) is 44.2 Å². The number of rotatable bonds is 6. The maximum atomic E-state index is 12.8. The molecule has 1 atom stereocenters. The first-order valence-electron chi connectivity index (χ1n) is 11.3. The van der Waals surface area contributed by atoms with Crippen LogP contribution in [-0.2, 0) is 17.6 Å². The van der Waals surface area contributed by atoms with E-state index >= 15 is 0 Å². The Labute approximate surface area is 184 Å². The Hall–Kier alpha value is -3.02. The van der Waals surface area contributed by atoms with Gasteiger partial charge < -0.3 is 10.2 Å². The highest BCUT2D eigenvalue weighted by Crippen LogP contribution is 2.26. The normalized spacial score (nSPS) is 15.8. The lowest BCUT2D eigenvalue weighted by molar-refractivity contribution is -0.126. The Morgan fingerprint density at radius 3 is 2.45 bits per heavy atom. The molecule has 0 aliphatic carbocycles. The number of pyridine rings is 1. The molecule has 1 saturated heterocycles. The van der Waals surface area contributed by atoms with Crippen molar-refractivity contribution >= 4 is 22.8 Å². The van der Waals surface area contributed by atoms with Crippen molar-refractivity contribution in [1.29, 1.82) is 0 Å². The van der Waals surface area contributed by atoms with Crippen LogP contribution in [0.15, 0.2) is 42.6 Å². The Kier molecular flexibility index (Phi) is 6.44. The first-order chi connectivity index (χ1) is 15.1. The van der Waals surface area contributed by atoms with Gasteiger partial charge in [-0.1, -0.05) is 44.2 Å². The lowest BCUT2D eigenvalue weighted by Gasteiger charge is -2.33. The molecule has 0 saturated carbocycles. The van der Waals surface area contributed by atoms with Crippen LogP contribution < -0.4 is 10.2 Å². The Morgan fingerprint density at radius 1 is 1.10 bits per heavy atom. The molecule has 162 valence electrons. The zero-order chi connectivity index (χ0) is 21.8. The maximum Gasteiger partial charge on any atom is 0.223 e. The van der Waals surface area contributed by atoms with Crippen LogP contribution in [0.5, 0.6) is 0 Å². The van der Waals surface area contributed by atoms with Crippen molar-refractivity contribution < 1.29 is 4.79 Å². The third-order valence-corrected chi connectivity index (χ3v) is 6.22. The van der Waals surface area contributed by atoms with Gasteiger partial charge in [0.15, 0.2) is 5.65 Å². The third-order valence-electron chi connectivity index (χ3n) is 6.22. The molecule has 3 aromatic rings. The van der Waals surface area contributed by atoms with E-state index in [0.29, 0.717) is 5.65 Å². The summed E-state index contributed by atoms with van der Waals surface area (Å²) in [4.78, 5) is 29.1. The van der Waals surface area contributed by atoms with Crippen LogP contribution >= 0.6 is 0 Å². The van der Waals surface area contributed by atoms with Crippen LogP contribution in [0, 0.1) is 5.92 Å². The summed E-state index contributed by atoms with van der Waals surface area (Å²) in [5.74, 6) is 0.201. The summed E-state index contributed by atoms with van der Waals surface area (Å²) in [6.07, 6.45) is 5.31. The molecule has 3 heterocycles. The molecule has 0 unspecified atom stereocenters. The van der Waals surface area contributed by atoms with Gasteiger partial charge in [-0.2, -0.15) is 0 Å². The molecular formula is C25H31N5O. The van der Waals surface area contributed by atoms with E-state index in [9.17, 15) is 4.79 Å². The Balaban J connectivity index is 1.40. The number of nitrogens with zero attached hydrogens (tertiary/aromatic N) is 4. The second kappa shape index (κ2) is 9.41. The largest absolute Gasteiger partial charge is 0.370 e. The van der Waals surface area contributed by atoms with Gasteiger partial charge in [-0.3, -0.25) is 4.79 Å². The van der Waals surface area contributed by atoms with Gasteiger partial charge in [-0.25, -0.2) is 15.0 Å². The van der Waals surface area contributed by atoms with Gasteiger partial charge in [0, 0.05) is 19.0 Å². The molecule has 1 aliphatic heterocycles. The molecule has 0 spiro atoms. The van der Waals surface area contributed by atoms with Crippen molar-refractivity contribution in [3.8, 4) is 0 Å². The first-order valence-corrected chi connectivity index (χ1v) is 11.3. The Morgan fingerprint density at radius 2 is 1.77 bits per heavy atom. The quantitative estimate of drug-likeness (QED) is 0.649. The molecule has 1 amide bonds. The number of carbonyl (C=O) groups is 1. The number of piperidine rings is 1. The summed E-state index contributed by atoms with van der Waals surface area (Å²) < 4.78 is 0. The van der Waals surface area contributed by atoms with Crippen molar-refractivity contribution in [1.82, 2.24) is 20.3 Å². The molecule has 6 nitrogen and oxygen atoms in total. The van der Waals surface area contributed by atoms with E-state index in [1.165, 1.54) is 0 Å².